The summed E-state index contributed by atoms with van der Waals surface area (Å²) in [5.41, 5.74) is 7.09. The van der Waals surface area contributed by atoms with Crippen LogP contribution in [0.4, 0.5) is 5.69 Å². The van der Waals surface area contributed by atoms with Crippen LogP contribution in [0.5, 0.6) is 0 Å². The Labute approximate surface area is 102 Å². The molecule has 90 valence electrons. The molecule has 4 nitrogen and oxygen atoms in total. The molecule has 1 aromatic rings. The topological polar surface area (TPSA) is 40.5 Å². The Bertz CT molecular complexity index is 441. The van der Waals surface area contributed by atoms with Gasteiger partial charge >= 0.3 is 0 Å². The van der Waals surface area contributed by atoms with Gasteiger partial charge in [0.25, 0.3) is 0 Å². The molecule has 0 saturated carbocycles. The summed E-state index contributed by atoms with van der Waals surface area (Å²) >= 11 is 0. The smallest absolute Gasteiger partial charge is 0.104 e. The molecule has 1 unspecified atom stereocenters. The molecular weight excluding hydrogens is 212 g/mol. The van der Waals surface area contributed by atoms with Gasteiger partial charge in [-0.1, -0.05) is 6.92 Å². The van der Waals surface area contributed by atoms with E-state index >= 15 is 0 Å². The highest BCUT2D eigenvalue weighted by atomic mass is 15.5. The molecule has 0 aromatic carbocycles. The first-order valence-corrected chi connectivity index (χ1v) is 6.32. The van der Waals surface area contributed by atoms with Gasteiger partial charge in [-0.25, -0.2) is 0 Å². The number of aromatic nitrogens is 1. The highest BCUT2D eigenvalue weighted by molar-refractivity contribution is 5.60. The minimum atomic E-state index is 0.785. The largest absolute Gasteiger partial charge is 0.296 e. The first kappa shape index (κ1) is 10.6. The summed E-state index contributed by atoms with van der Waals surface area (Å²) in [6.45, 7) is 4.13. The van der Waals surface area contributed by atoms with Gasteiger partial charge < -0.3 is 0 Å². The molecule has 0 amide bonds. The van der Waals surface area contributed by atoms with Crippen molar-refractivity contribution in [2.24, 2.45) is 10.9 Å². The van der Waals surface area contributed by atoms with Crippen molar-refractivity contribution < 1.29 is 0 Å². The molecule has 1 atom stereocenters. The highest BCUT2D eigenvalue weighted by Gasteiger charge is 2.16. The lowest BCUT2D eigenvalue weighted by molar-refractivity contribution is 0.493. The van der Waals surface area contributed by atoms with Gasteiger partial charge in [0.15, 0.2) is 0 Å². The second-order valence-corrected chi connectivity index (χ2v) is 5.00. The van der Waals surface area contributed by atoms with Crippen LogP contribution < -0.4 is 5.43 Å². The second-order valence-electron chi connectivity index (χ2n) is 5.00. The van der Waals surface area contributed by atoms with E-state index in [4.69, 9.17) is 0 Å². The fraction of sp³-hybridized carbons (Fsp3) is 0.538. The average molecular weight is 230 g/mol. The Morgan fingerprint density at radius 3 is 3.24 bits per heavy atom. The summed E-state index contributed by atoms with van der Waals surface area (Å²) < 4.78 is 0. The van der Waals surface area contributed by atoms with E-state index in [9.17, 15) is 0 Å². The Morgan fingerprint density at radius 1 is 1.47 bits per heavy atom. The predicted octanol–water partition coefficient (Wildman–Crippen LogP) is 1.88. The lowest BCUT2D eigenvalue weighted by atomic mass is 9.88. The maximum absolute atomic E-state index is 4.56. The molecule has 1 aliphatic heterocycles. The Morgan fingerprint density at radius 2 is 2.41 bits per heavy atom. The molecule has 0 saturated heterocycles. The summed E-state index contributed by atoms with van der Waals surface area (Å²) in [5.74, 6) is 0.785. The number of hydrazine groups is 1. The standard InChI is InChI=1S/C13H18N4/c1-10-2-3-13-11(6-10)7-12(8-15-13)16-17-5-4-14-9-17/h7-10,16H,2-6H2,1H3. The van der Waals surface area contributed by atoms with Gasteiger partial charge in [-0.3, -0.25) is 20.4 Å². The number of fused-ring (bicyclic) bond motifs is 1. The molecule has 0 radical (unpaired) electrons. The molecule has 1 N–H and O–H groups in total. The van der Waals surface area contributed by atoms with Gasteiger partial charge in [0.2, 0.25) is 0 Å². The van der Waals surface area contributed by atoms with E-state index in [0.29, 0.717) is 0 Å². The van der Waals surface area contributed by atoms with Crippen molar-refractivity contribution in [1.82, 2.24) is 9.99 Å². The molecule has 0 fully saturated rings. The van der Waals surface area contributed by atoms with E-state index in [-0.39, 0.29) is 0 Å². The maximum Gasteiger partial charge on any atom is 0.104 e. The number of hydrogen-bond acceptors (Lipinski definition) is 4. The molecule has 3 rings (SSSR count). The second kappa shape index (κ2) is 4.35. The van der Waals surface area contributed by atoms with Crippen LogP contribution in [0.2, 0.25) is 0 Å². The minimum Gasteiger partial charge on any atom is -0.296 e. The Balaban J connectivity index is 1.77. The fourth-order valence-corrected chi connectivity index (χ4v) is 2.49. The molecule has 1 aromatic heterocycles. The van der Waals surface area contributed by atoms with Crippen LogP contribution in [0.15, 0.2) is 17.3 Å². The van der Waals surface area contributed by atoms with Crippen molar-refractivity contribution in [3.63, 3.8) is 0 Å². The number of hydrogen-bond donors (Lipinski definition) is 1. The van der Waals surface area contributed by atoms with Gasteiger partial charge in [0.05, 0.1) is 25.0 Å². The van der Waals surface area contributed by atoms with Crippen molar-refractivity contribution in [3.8, 4) is 0 Å². The number of aliphatic imine (C=N–C) groups is 1. The van der Waals surface area contributed by atoms with Crippen LogP contribution in [0.25, 0.3) is 0 Å². The van der Waals surface area contributed by atoms with Gasteiger partial charge in [0.1, 0.15) is 6.34 Å². The lowest BCUT2D eigenvalue weighted by Gasteiger charge is -2.22. The maximum atomic E-state index is 4.56. The first-order valence-electron chi connectivity index (χ1n) is 6.32. The average Bonchev–Trinajstić information content (AvgIpc) is 2.81. The van der Waals surface area contributed by atoms with Gasteiger partial charge in [-0.15, -0.1) is 0 Å². The number of pyridine rings is 1. The number of anilines is 1. The number of nitrogens with zero attached hydrogens (tertiary/aromatic N) is 3. The zero-order valence-corrected chi connectivity index (χ0v) is 10.2. The Hall–Kier alpha value is -1.58. The van der Waals surface area contributed by atoms with Crippen LogP contribution in [-0.4, -0.2) is 29.4 Å². The van der Waals surface area contributed by atoms with E-state index in [2.05, 4.69) is 28.4 Å². The van der Waals surface area contributed by atoms with Crippen molar-refractivity contribution >= 4 is 12.0 Å². The third-order valence-electron chi connectivity index (χ3n) is 3.47. The molecule has 1 aliphatic carbocycles. The number of nitrogens with one attached hydrogen (secondary N) is 1. The normalized spacial score (nSPS) is 22.6. The third kappa shape index (κ3) is 2.25. The SMILES string of the molecule is CC1CCc2ncc(NN3C=NCC3)cc2C1. The van der Waals surface area contributed by atoms with Crippen LogP contribution in [0, 0.1) is 5.92 Å². The summed E-state index contributed by atoms with van der Waals surface area (Å²) in [5, 5.41) is 2.01. The lowest BCUT2D eigenvalue weighted by Crippen LogP contribution is -2.26. The van der Waals surface area contributed by atoms with Crippen LogP contribution in [0.1, 0.15) is 24.6 Å². The predicted molar refractivity (Wildman–Crippen MR) is 69.1 cm³/mol. The van der Waals surface area contributed by atoms with Crippen molar-refractivity contribution in [3.05, 3.63) is 23.5 Å². The molecule has 4 heteroatoms. The van der Waals surface area contributed by atoms with E-state index in [0.717, 1.165) is 37.5 Å². The minimum absolute atomic E-state index is 0.785. The molecular formula is C13H18N4. The van der Waals surface area contributed by atoms with E-state index in [1.54, 1.807) is 0 Å². The van der Waals surface area contributed by atoms with E-state index in [1.165, 1.54) is 17.7 Å². The zero-order valence-electron chi connectivity index (χ0n) is 10.2. The monoisotopic (exact) mass is 230 g/mol. The van der Waals surface area contributed by atoms with Crippen molar-refractivity contribution in [2.45, 2.75) is 26.2 Å². The van der Waals surface area contributed by atoms with Crippen molar-refractivity contribution in [1.29, 1.82) is 0 Å². The summed E-state index contributed by atoms with van der Waals surface area (Å²) in [6.07, 6.45) is 7.34. The molecule has 0 spiro atoms. The summed E-state index contributed by atoms with van der Waals surface area (Å²) in [7, 11) is 0. The van der Waals surface area contributed by atoms with Crippen molar-refractivity contribution in [2.75, 3.05) is 18.5 Å². The molecule has 0 bridgehead atoms. The first-order chi connectivity index (χ1) is 8.31. The van der Waals surface area contributed by atoms with E-state index < -0.39 is 0 Å². The fourth-order valence-electron chi connectivity index (χ4n) is 2.49. The zero-order chi connectivity index (χ0) is 11.7. The molecule has 2 heterocycles. The third-order valence-corrected chi connectivity index (χ3v) is 3.47. The molecule has 2 aliphatic rings. The molecule has 17 heavy (non-hydrogen) atoms. The quantitative estimate of drug-likeness (QED) is 0.843. The van der Waals surface area contributed by atoms with Gasteiger partial charge in [-0.05, 0) is 36.8 Å². The van der Waals surface area contributed by atoms with Crippen LogP contribution >= 0.6 is 0 Å². The van der Waals surface area contributed by atoms with Gasteiger partial charge in [-0.2, -0.15) is 0 Å². The Kier molecular flexibility index (Phi) is 2.71. The van der Waals surface area contributed by atoms with Crippen LogP contribution in [0.3, 0.4) is 0 Å². The number of rotatable bonds is 2. The summed E-state index contributed by atoms with van der Waals surface area (Å²) in [4.78, 5) is 8.74. The summed E-state index contributed by atoms with van der Waals surface area (Å²) in [6, 6.07) is 2.24. The van der Waals surface area contributed by atoms with Crippen LogP contribution in [-0.2, 0) is 12.8 Å². The van der Waals surface area contributed by atoms with Gasteiger partial charge in [0, 0.05) is 5.69 Å². The number of aryl methyl sites for hydroxylation is 1. The van der Waals surface area contributed by atoms with E-state index in [1.807, 2.05) is 17.5 Å². The highest BCUT2D eigenvalue weighted by Crippen LogP contribution is 2.25.